The molecule has 0 atom stereocenters. The molecule has 0 saturated heterocycles. The Kier molecular flexibility index (Phi) is 6.38. The van der Waals surface area contributed by atoms with Gasteiger partial charge in [-0.15, -0.1) is 0 Å². The largest absolute Gasteiger partial charge is 0.313 e. The Morgan fingerprint density at radius 2 is 1.50 bits per heavy atom. The van der Waals surface area contributed by atoms with Crippen LogP contribution in [-0.4, -0.2) is 24.9 Å². The van der Waals surface area contributed by atoms with E-state index in [0.29, 0.717) is 18.1 Å². The Bertz CT molecular complexity index is 686. The monoisotopic (exact) mass is 344 g/mol. The van der Waals surface area contributed by atoms with Gasteiger partial charge in [0, 0.05) is 42.8 Å². The Morgan fingerprint density at radius 1 is 0.917 bits per heavy atom. The quantitative estimate of drug-likeness (QED) is 0.790. The second-order valence-corrected chi connectivity index (χ2v) is 5.81. The van der Waals surface area contributed by atoms with E-state index in [0.717, 1.165) is 11.4 Å². The number of benzene rings is 2. The lowest BCUT2D eigenvalue weighted by molar-refractivity contribution is -0.118. The van der Waals surface area contributed by atoms with Crippen molar-refractivity contribution in [2.45, 2.75) is 20.3 Å². The van der Waals surface area contributed by atoms with Crippen molar-refractivity contribution in [2.24, 2.45) is 0 Å². The second-order valence-electron chi connectivity index (χ2n) is 5.37. The third-order valence-corrected chi connectivity index (χ3v) is 4.00. The molecule has 5 heteroatoms. The van der Waals surface area contributed by atoms with Crippen LogP contribution in [0.5, 0.6) is 0 Å². The molecule has 0 heterocycles. The smallest absolute Gasteiger partial charge is 0.228 e. The van der Waals surface area contributed by atoms with Crippen LogP contribution < -0.4 is 9.80 Å². The van der Waals surface area contributed by atoms with Gasteiger partial charge in [0.1, 0.15) is 0 Å². The van der Waals surface area contributed by atoms with E-state index in [2.05, 4.69) is 0 Å². The molecule has 0 aliphatic rings. The lowest BCUT2D eigenvalue weighted by Crippen LogP contribution is -2.36. The van der Waals surface area contributed by atoms with Gasteiger partial charge >= 0.3 is 0 Å². The van der Waals surface area contributed by atoms with Crippen LogP contribution in [0.4, 0.5) is 11.4 Å². The summed E-state index contributed by atoms with van der Waals surface area (Å²) in [7, 11) is 0. The number of anilines is 2. The van der Waals surface area contributed by atoms with E-state index in [1.807, 2.05) is 37.3 Å². The van der Waals surface area contributed by atoms with Crippen molar-refractivity contribution in [3.8, 4) is 0 Å². The highest BCUT2D eigenvalue weighted by Crippen LogP contribution is 2.19. The molecule has 0 spiro atoms. The van der Waals surface area contributed by atoms with E-state index in [1.54, 1.807) is 34.1 Å². The van der Waals surface area contributed by atoms with Crippen LogP contribution in [0.25, 0.3) is 0 Å². The minimum Gasteiger partial charge on any atom is -0.313 e. The predicted molar refractivity (Wildman–Crippen MR) is 98.6 cm³/mol. The molecular weight excluding hydrogens is 324 g/mol. The van der Waals surface area contributed by atoms with Gasteiger partial charge in [-0.05, 0) is 43.3 Å². The standard InChI is InChI=1S/C19H21ClN2O2/c1-3-21(17-7-5-4-6-8-17)19(24)13-14-22(15(2)23)18-11-9-16(20)10-12-18/h4-12H,3,13-14H2,1-2H3. The molecular formula is C19H21ClN2O2. The average Bonchev–Trinajstić information content (AvgIpc) is 2.58. The van der Waals surface area contributed by atoms with Gasteiger partial charge in [-0.3, -0.25) is 9.59 Å². The minimum absolute atomic E-state index is 0.0103. The first-order chi connectivity index (χ1) is 11.5. The summed E-state index contributed by atoms with van der Waals surface area (Å²) in [6, 6.07) is 16.6. The number of para-hydroxylation sites is 1. The molecule has 126 valence electrons. The maximum absolute atomic E-state index is 12.6. The molecule has 2 amide bonds. The molecule has 0 radical (unpaired) electrons. The summed E-state index contributed by atoms with van der Waals surface area (Å²) in [4.78, 5) is 27.8. The third-order valence-electron chi connectivity index (χ3n) is 3.75. The highest BCUT2D eigenvalue weighted by atomic mass is 35.5. The highest BCUT2D eigenvalue weighted by molar-refractivity contribution is 6.30. The molecule has 0 saturated carbocycles. The molecule has 2 aromatic carbocycles. The highest BCUT2D eigenvalue weighted by Gasteiger charge is 2.17. The fourth-order valence-corrected chi connectivity index (χ4v) is 2.67. The van der Waals surface area contributed by atoms with Crippen molar-refractivity contribution in [3.63, 3.8) is 0 Å². The van der Waals surface area contributed by atoms with Crippen LogP contribution in [0.15, 0.2) is 54.6 Å². The number of halogens is 1. The van der Waals surface area contributed by atoms with Crippen LogP contribution in [-0.2, 0) is 9.59 Å². The molecule has 24 heavy (non-hydrogen) atoms. The van der Waals surface area contributed by atoms with Crippen LogP contribution in [0.2, 0.25) is 5.02 Å². The maximum atomic E-state index is 12.6. The first-order valence-corrected chi connectivity index (χ1v) is 8.29. The summed E-state index contributed by atoms with van der Waals surface area (Å²) in [6.45, 7) is 4.35. The van der Waals surface area contributed by atoms with Gasteiger partial charge in [0.05, 0.1) is 0 Å². The van der Waals surface area contributed by atoms with Gasteiger partial charge in [-0.1, -0.05) is 29.8 Å². The lowest BCUT2D eigenvalue weighted by Gasteiger charge is -2.24. The Labute approximate surface area is 147 Å². The molecule has 2 rings (SSSR count). The summed E-state index contributed by atoms with van der Waals surface area (Å²) in [5.41, 5.74) is 1.60. The van der Waals surface area contributed by atoms with Gasteiger partial charge in [0.25, 0.3) is 0 Å². The Hall–Kier alpha value is -2.33. The van der Waals surface area contributed by atoms with Gasteiger partial charge < -0.3 is 9.80 Å². The zero-order valence-electron chi connectivity index (χ0n) is 13.9. The normalized spacial score (nSPS) is 10.3. The molecule has 0 bridgehead atoms. The number of carbonyl (C=O) groups is 2. The molecule has 0 N–H and O–H groups in total. The fourth-order valence-electron chi connectivity index (χ4n) is 2.54. The first kappa shape index (κ1) is 18.0. The van der Waals surface area contributed by atoms with Crippen molar-refractivity contribution in [3.05, 3.63) is 59.6 Å². The van der Waals surface area contributed by atoms with Crippen LogP contribution in [0.3, 0.4) is 0 Å². The number of rotatable bonds is 6. The molecule has 0 aliphatic carbocycles. The van der Waals surface area contributed by atoms with E-state index >= 15 is 0 Å². The number of hydrogen-bond donors (Lipinski definition) is 0. The topological polar surface area (TPSA) is 40.6 Å². The van der Waals surface area contributed by atoms with Crippen molar-refractivity contribution in [1.82, 2.24) is 0 Å². The predicted octanol–water partition coefficient (Wildman–Crippen LogP) is 4.14. The third kappa shape index (κ3) is 4.59. The summed E-state index contributed by atoms with van der Waals surface area (Å²) in [5, 5.41) is 0.611. The molecule has 0 fully saturated rings. The first-order valence-electron chi connectivity index (χ1n) is 7.92. The molecule has 0 aromatic heterocycles. The Balaban J connectivity index is 2.07. The number of carbonyl (C=O) groups excluding carboxylic acids is 2. The van der Waals surface area contributed by atoms with Crippen LogP contribution in [0.1, 0.15) is 20.3 Å². The number of hydrogen-bond acceptors (Lipinski definition) is 2. The van der Waals surface area contributed by atoms with Crippen molar-refractivity contribution in [2.75, 3.05) is 22.9 Å². The van der Waals surface area contributed by atoms with Crippen molar-refractivity contribution in [1.29, 1.82) is 0 Å². The number of nitrogens with zero attached hydrogens (tertiary/aromatic N) is 2. The zero-order chi connectivity index (χ0) is 17.5. The van der Waals surface area contributed by atoms with Gasteiger partial charge in [-0.2, -0.15) is 0 Å². The SMILES string of the molecule is CCN(C(=O)CCN(C(C)=O)c1ccc(Cl)cc1)c1ccccc1. The zero-order valence-corrected chi connectivity index (χ0v) is 14.7. The lowest BCUT2D eigenvalue weighted by atomic mass is 10.2. The van der Waals surface area contributed by atoms with Gasteiger partial charge in [0.2, 0.25) is 11.8 Å². The van der Waals surface area contributed by atoms with Crippen molar-refractivity contribution < 1.29 is 9.59 Å². The van der Waals surface area contributed by atoms with Gasteiger partial charge in [0.15, 0.2) is 0 Å². The average molecular weight is 345 g/mol. The number of amides is 2. The van der Waals surface area contributed by atoms with Crippen LogP contribution in [0, 0.1) is 0 Å². The Morgan fingerprint density at radius 3 is 2.04 bits per heavy atom. The summed E-state index contributed by atoms with van der Waals surface area (Å²) in [5.74, 6) is -0.114. The van der Waals surface area contributed by atoms with Crippen molar-refractivity contribution >= 4 is 34.8 Å². The summed E-state index contributed by atoms with van der Waals surface area (Å²) in [6.07, 6.45) is 0.255. The molecule has 0 unspecified atom stereocenters. The van der Waals surface area contributed by atoms with E-state index in [9.17, 15) is 9.59 Å². The van der Waals surface area contributed by atoms with Crippen LogP contribution >= 0.6 is 11.6 Å². The fraction of sp³-hybridized carbons (Fsp3) is 0.263. The summed E-state index contributed by atoms with van der Waals surface area (Å²) >= 11 is 5.89. The molecule has 0 aliphatic heterocycles. The van der Waals surface area contributed by atoms with E-state index in [-0.39, 0.29) is 18.2 Å². The van der Waals surface area contributed by atoms with E-state index < -0.39 is 0 Å². The molecule has 4 nitrogen and oxygen atoms in total. The van der Waals surface area contributed by atoms with E-state index in [4.69, 9.17) is 11.6 Å². The summed E-state index contributed by atoms with van der Waals surface area (Å²) < 4.78 is 0. The second kappa shape index (κ2) is 8.50. The molecule has 2 aromatic rings. The minimum atomic E-state index is -0.104. The maximum Gasteiger partial charge on any atom is 0.228 e. The van der Waals surface area contributed by atoms with Gasteiger partial charge in [-0.25, -0.2) is 0 Å². The van der Waals surface area contributed by atoms with E-state index in [1.165, 1.54) is 6.92 Å².